The predicted molar refractivity (Wildman–Crippen MR) is 112 cm³/mol. The maximum atomic E-state index is 12.8. The van der Waals surface area contributed by atoms with Gasteiger partial charge in [-0.1, -0.05) is 0 Å². The minimum absolute atomic E-state index is 0.0477. The van der Waals surface area contributed by atoms with Crippen LogP contribution in [-0.4, -0.2) is 72.5 Å². The van der Waals surface area contributed by atoms with Crippen molar-refractivity contribution in [1.82, 2.24) is 14.8 Å². The normalized spacial score (nSPS) is 16.4. The lowest BCUT2D eigenvalue weighted by Gasteiger charge is -2.32. The highest BCUT2D eigenvalue weighted by Crippen LogP contribution is 2.22. The molecular formula is C22H29N3O5. The molecule has 8 nitrogen and oxygen atoms in total. The Balaban J connectivity index is 1.62. The number of fused-ring (bicyclic) bond motifs is 1. The van der Waals surface area contributed by atoms with E-state index in [9.17, 15) is 14.4 Å². The second-order valence-electron chi connectivity index (χ2n) is 7.46. The number of aromatic nitrogens is 1. The number of hydrogen-bond acceptors (Lipinski definition) is 5. The number of carbonyl (C=O) groups excluding carboxylic acids is 3. The topological polar surface area (TPSA) is 91.9 Å². The average molecular weight is 415 g/mol. The molecule has 0 aliphatic carbocycles. The van der Waals surface area contributed by atoms with Crippen LogP contribution < -0.4 is 4.74 Å². The minimum atomic E-state index is -0.295. The molecule has 1 aromatic carbocycles. The van der Waals surface area contributed by atoms with E-state index in [0.29, 0.717) is 32.0 Å². The molecule has 30 heavy (non-hydrogen) atoms. The lowest BCUT2D eigenvalue weighted by molar-refractivity contribution is -0.151. The van der Waals surface area contributed by atoms with Crippen LogP contribution in [0.3, 0.4) is 0 Å². The number of nitrogens with zero attached hydrogens (tertiary/aromatic N) is 2. The Labute approximate surface area is 176 Å². The van der Waals surface area contributed by atoms with Crippen molar-refractivity contribution in [2.24, 2.45) is 5.92 Å². The second kappa shape index (κ2) is 9.65. The van der Waals surface area contributed by atoms with Crippen molar-refractivity contribution >= 4 is 28.7 Å². The van der Waals surface area contributed by atoms with E-state index < -0.39 is 0 Å². The van der Waals surface area contributed by atoms with Crippen molar-refractivity contribution in [2.75, 3.05) is 39.9 Å². The third-order valence-corrected chi connectivity index (χ3v) is 5.25. The Morgan fingerprint density at radius 2 is 2.00 bits per heavy atom. The SMILES string of the molecule is CCOC(=O)C1CCCN(C(=O)CN(C)C(=O)c2cc3ccc(OCC)cc3[nH]2)C1. The summed E-state index contributed by atoms with van der Waals surface area (Å²) in [5.41, 5.74) is 1.22. The summed E-state index contributed by atoms with van der Waals surface area (Å²) in [6, 6.07) is 7.37. The van der Waals surface area contributed by atoms with E-state index in [0.717, 1.165) is 29.5 Å². The molecule has 2 amide bonds. The van der Waals surface area contributed by atoms with Gasteiger partial charge in [-0.05, 0) is 44.9 Å². The number of rotatable bonds is 7. The van der Waals surface area contributed by atoms with Crippen LogP contribution in [0.5, 0.6) is 5.75 Å². The lowest BCUT2D eigenvalue weighted by Crippen LogP contribution is -2.47. The van der Waals surface area contributed by atoms with Gasteiger partial charge in [0.2, 0.25) is 5.91 Å². The number of nitrogens with one attached hydrogen (secondary N) is 1. The maximum Gasteiger partial charge on any atom is 0.310 e. The highest BCUT2D eigenvalue weighted by molar-refractivity contribution is 5.99. The number of likely N-dealkylation sites (N-methyl/N-ethyl adjacent to an activating group) is 1. The number of ether oxygens (including phenoxy) is 2. The average Bonchev–Trinajstić information content (AvgIpc) is 3.17. The molecule has 0 spiro atoms. The first-order valence-corrected chi connectivity index (χ1v) is 10.4. The number of H-pyrrole nitrogens is 1. The van der Waals surface area contributed by atoms with Gasteiger partial charge in [0.1, 0.15) is 11.4 Å². The van der Waals surface area contributed by atoms with Crippen LogP contribution in [0.25, 0.3) is 10.9 Å². The molecule has 1 unspecified atom stereocenters. The lowest BCUT2D eigenvalue weighted by atomic mass is 9.98. The number of esters is 1. The Kier molecular flexibility index (Phi) is 6.97. The molecule has 1 aliphatic heterocycles. The second-order valence-corrected chi connectivity index (χ2v) is 7.46. The molecule has 2 aromatic rings. The fourth-order valence-electron chi connectivity index (χ4n) is 3.71. The number of benzene rings is 1. The summed E-state index contributed by atoms with van der Waals surface area (Å²) >= 11 is 0. The first kappa shape index (κ1) is 21.7. The zero-order chi connectivity index (χ0) is 21.7. The number of likely N-dealkylation sites (tertiary alicyclic amines) is 1. The van der Waals surface area contributed by atoms with Crippen LogP contribution in [0.1, 0.15) is 37.2 Å². The molecule has 8 heteroatoms. The van der Waals surface area contributed by atoms with Gasteiger partial charge in [-0.3, -0.25) is 14.4 Å². The highest BCUT2D eigenvalue weighted by atomic mass is 16.5. The van der Waals surface area contributed by atoms with E-state index in [2.05, 4.69) is 4.98 Å². The number of amides is 2. The van der Waals surface area contributed by atoms with Crippen molar-refractivity contribution in [3.8, 4) is 5.75 Å². The Morgan fingerprint density at radius 1 is 1.20 bits per heavy atom. The monoisotopic (exact) mass is 415 g/mol. The van der Waals surface area contributed by atoms with Crippen molar-refractivity contribution in [1.29, 1.82) is 0 Å². The van der Waals surface area contributed by atoms with Crippen molar-refractivity contribution in [3.05, 3.63) is 30.0 Å². The van der Waals surface area contributed by atoms with Gasteiger partial charge < -0.3 is 24.3 Å². The van der Waals surface area contributed by atoms with Crippen LogP contribution >= 0.6 is 0 Å². The molecular weight excluding hydrogens is 386 g/mol. The summed E-state index contributed by atoms with van der Waals surface area (Å²) < 4.78 is 10.6. The fourth-order valence-corrected chi connectivity index (χ4v) is 3.71. The zero-order valence-corrected chi connectivity index (χ0v) is 17.8. The van der Waals surface area contributed by atoms with Crippen LogP contribution in [0, 0.1) is 5.92 Å². The fraction of sp³-hybridized carbons (Fsp3) is 0.500. The summed E-state index contributed by atoms with van der Waals surface area (Å²) in [6.07, 6.45) is 1.47. The van der Waals surface area contributed by atoms with Gasteiger partial charge in [0, 0.05) is 37.1 Å². The Bertz CT molecular complexity index is 923. The van der Waals surface area contributed by atoms with Gasteiger partial charge in [0.25, 0.3) is 5.91 Å². The molecule has 1 fully saturated rings. The number of carbonyl (C=O) groups is 3. The van der Waals surface area contributed by atoms with E-state index in [4.69, 9.17) is 9.47 Å². The van der Waals surface area contributed by atoms with E-state index in [1.807, 2.05) is 25.1 Å². The Hall–Kier alpha value is -3.03. The van der Waals surface area contributed by atoms with Crippen molar-refractivity contribution < 1.29 is 23.9 Å². The van der Waals surface area contributed by atoms with Gasteiger partial charge in [0.15, 0.2) is 0 Å². The maximum absolute atomic E-state index is 12.8. The molecule has 1 saturated heterocycles. The third kappa shape index (κ3) is 4.93. The van der Waals surface area contributed by atoms with E-state index in [1.165, 1.54) is 4.90 Å². The zero-order valence-electron chi connectivity index (χ0n) is 17.8. The molecule has 1 aromatic heterocycles. The summed E-state index contributed by atoms with van der Waals surface area (Å²) in [7, 11) is 1.60. The predicted octanol–water partition coefficient (Wildman–Crippen LogP) is 2.44. The molecule has 0 bridgehead atoms. The largest absolute Gasteiger partial charge is 0.494 e. The van der Waals surface area contributed by atoms with E-state index >= 15 is 0 Å². The molecule has 2 heterocycles. The van der Waals surface area contributed by atoms with Gasteiger partial charge in [-0.15, -0.1) is 0 Å². The molecule has 0 saturated carbocycles. The Morgan fingerprint density at radius 3 is 2.73 bits per heavy atom. The van der Waals surface area contributed by atoms with Gasteiger partial charge in [0.05, 0.1) is 25.7 Å². The standard InChI is InChI=1S/C22H29N3O5/c1-4-29-17-9-8-15-11-19(23-18(15)12-17)21(27)24(3)14-20(26)25-10-6-7-16(13-25)22(28)30-5-2/h8-9,11-12,16,23H,4-7,10,13-14H2,1-3H3. The molecule has 3 rings (SSSR count). The molecule has 0 radical (unpaired) electrons. The number of piperidine rings is 1. The van der Waals surface area contributed by atoms with Crippen molar-refractivity contribution in [2.45, 2.75) is 26.7 Å². The minimum Gasteiger partial charge on any atom is -0.494 e. The van der Waals surface area contributed by atoms with Crippen LogP contribution in [0.2, 0.25) is 0 Å². The van der Waals surface area contributed by atoms with E-state index in [-0.39, 0.29) is 30.2 Å². The molecule has 162 valence electrons. The van der Waals surface area contributed by atoms with Crippen molar-refractivity contribution in [3.63, 3.8) is 0 Å². The molecule has 1 aliphatic rings. The van der Waals surface area contributed by atoms with Crippen LogP contribution in [0.4, 0.5) is 0 Å². The number of aromatic amines is 1. The summed E-state index contributed by atoms with van der Waals surface area (Å²) in [5.74, 6) is -0.262. The van der Waals surface area contributed by atoms with Crippen LogP contribution in [0.15, 0.2) is 24.3 Å². The third-order valence-electron chi connectivity index (χ3n) is 5.25. The molecule has 1 atom stereocenters. The first-order valence-electron chi connectivity index (χ1n) is 10.4. The summed E-state index contributed by atoms with van der Waals surface area (Å²) in [6.45, 7) is 5.46. The molecule has 1 N–H and O–H groups in total. The van der Waals surface area contributed by atoms with Gasteiger partial charge in [-0.2, -0.15) is 0 Å². The van der Waals surface area contributed by atoms with Crippen LogP contribution in [-0.2, 0) is 14.3 Å². The summed E-state index contributed by atoms with van der Waals surface area (Å²) in [4.78, 5) is 43.7. The first-order chi connectivity index (χ1) is 14.4. The summed E-state index contributed by atoms with van der Waals surface area (Å²) in [5, 5.41) is 0.898. The van der Waals surface area contributed by atoms with Gasteiger partial charge in [-0.25, -0.2) is 0 Å². The number of hydrogen-bond donors (Lipinski definition) is 1. The quantitative estimate of drug-likeness (QED) is 0.702. The highest BCUT2D eigenvalue weighted by Gasteiger charge is 2.30. The van der Waals surface area contributed by atoms with E-state index in [1.54, 1.807) is 24.9 Å². The smallest absolute Gasteiger partial charge is 0.310 e. The van der Waals surface area contributed by atoms with Gasteiger partial charge >= 0.3 is 5.97 Å².